The molecule has 0 aliphatic carbocycles. The lowest BCUT2D eigenvalue weighted by molar-refractivity contribution is 0.102. The molecule has 2 aromatic rings. The lowest BCUT2D eigenvalue weighted by Crippen LogP contribution is -2.22. The Labute approximate surface area is 150 Å². The average Bonchev–Trinajstić information content (AvgIpc) is 2.57. The molecule has 0 aliphatic heterocycles. The first kappa shape index (κ1) is 18.6. The minimum atomic E-state index is -0.158. The molecule has 2 aromatic carbocycles. The molecule has 0 radical (unpaired) electrons. The van der Waals surface area contributed by atoms with E-state index in [1.165, 1.54) is 5.69 Å². The number of carbonyl (C=O) groups excluding carboxylic acids is 1. The van der Waals surface area contributed by atoms with Crippen LogP contribution in [0.15, 0.2) is 36.4 Å². The van der Waals surface area contributed by atoms with E-state index in [-0.39, 0.29) is 5.91 Å². The van der Waals surface area contributed by atoms with Crippen molar-refractivity contribution >= 4 is 28.7 Å². The van der Waals surface area contributed by atoms with Crippen molar-refractivity contribution < 1.29 is 4.79 Å². The maximum atomic E-state index is 12.8. The van der Waals surface area contributed by atoms with Crippen molar-refractivity contribution in [2.45, 2.75) is 20.8 Å². The van der Waals surface area contributed by atoms with Crippen molar-refractivity contribution in [3.8, 4) is 0 Å². The van der Waals surface area contributed by atoms with Crippen molar-refractivity contribution in [3.05, 3.63) is 47.5 Å². The molecule has 5 nitrogen and oxygen atoms in total. The van der Waals surface area contributed by atoms with Gasteiger partial charge in [0.2, 0.25) is 0 Å². The van der Waals surface area contributed by atoms with Gasteiger partial charge in [-0.2, -0.15) is 0 Å². The quantitative estimate of drug-likeness (QED) is 0.786. The maximum Gasteiger partial charge on any atom is 0.257 e. The zero-order valence-corrected chi connectivity index (χ0v) is 15.8. The standard InChI is InChI=1S/C20H28N4O/c1-6-24(7-2)16-9-10-18(14(3)12-16)22-20(25)17-13-15(21)8-11-19(17)23(4)5/h8-13H,6-7,21H2,1-5H3,(H,22,25). The van der Waals surface area contributed by atoms with Gasteiger partial charge in [0.1, 0.15) is 0 Å². The third-order valence-electron chi connectivity index (χ3n) is 4.33. The van der Waals surface area contributed by atoms with E-state index in [0.29, 0.717) is 11.3 Å². The zero-order chi connectivity index (χ0) is 18.6. The minimum absolute atomic E-state index is 0.158. The third-order valence-corrected chi connectivity index (χ3v) is 4.33. The fourth-order valence-electron chi connectivity index (χ4n) is 2.89. The largest absolute Gasteiger partial charge is 0.399 e. The van der Waals surface area contributed by atoms with Gasteiger partial charge in [0, 0.05) is 49.9 Å². The second-order valence-corrected chi connectivity index (χ2v) is 6.30. The topological polar surface area (TPSA) is 61.6 Å². The van der Waals surface area contributed by atoms with Gasteiger partial charge in [0.25, 0.3) is 5.91 Å². The van der Waals surface area contributed by atoms with Crippen LogP contribution in [0.5, 0.6) is 0 Å². The number of rotatable bonds is 6. The number of anilines is 4. The molecule has 0 unspecified atom stereocenters. The summed E-state index contributed by atoms with van der Waals surface area (Å²) in [5, 5.41) is 3.01. The molecule has 0 saturated carbocycles. The van der Waals surface area contributed by atoms with Crippen molar-refractivity contribution in [1.82, 2.24) is 0 Å². The normalized spacial score (nSPS) is 10.4. The highest BCUT2D eigenvalue weighted by Gasteiger charge is 2.15. The average molecular weight is 340 g/mol. The van der Waals surface area contributed by atoms with Crippen LogP contribution in [0.1, 0.15) is 29.8 Å². The summed E-state index contributed by atoms with van der Waals surface area (Å²) in [6.07, 6.45) is 0. The number of nitrogens with one attached hydrogen (secondary N) is 1. The number of nitrogens with zero attached hydrogens (tertiary/aromatic N) is 2. The van der Waals surface area contributed by atoms with Crippen LogP contribution in [0.3, 0.4) is 0 Å². The Balaban J connectivity index is 2.28. The summed E-state index contributed by atoms with van der Waals surface area (Å²) in [6, 6.07) is 11.5. The van der Waals surface area contributed by atoms with E-state index in [0.717, 1.165) is 30.0 Å². The van der Waals surface area contributed by atoms with Crippen LogP contribution in [0.25, 0.3) is 0 Å². The Morgan fingerprint density at radius 2 is 1.76 bits per heavy atom. The van der Waals surface area contributed by atoms with Gasteiger partial charge >= 0.3 is 0 Å². The van der Waals surface area contributed by atoms with Crippen molar-refractivity contribution in [3.63, 3.8) is 0 Å². The molecule has 2 rings (SSSR count). The van der Waals surface area contributed by atoms with Crippen LogP contribution >= 0.6 is 0 Å². The SMILES string of the molecule is CCN(CC)c1ccc(NC(=O)c2cc(N)ccc2N(C)C)c(C)c1. The highest BCUT2D eigenvalue weighted by molar-refractivity contribution is 6.09. The molecule has 0 atom stereocenters. The summed E-state index contributed by atoms with van der Waals surface area (Å²) in [7, 11) is 3.82. The highest BCUT2D eigenvalue weighted by Crippen LogP contribution is 2.26. The number of hydrogen-bond donors (Lipinski definition) is 2. The van der Waals surface area contributed by atoms with E-state index in [1.807, 2.05) is 44.1 Å². The Hall–Kier alpha value is -2.69. The number of hydrogen-bond acceptors (Lipinski definition) is 4. The fraction of sp³-hybridized carbons (Fsp3) is 0.350. The van der Waals surface area contributed by atoms with E-state index >= 15 is 0 Å². The molecule has 25 heavy (non-hydrogen) atoms. The van der Waals surface area contributed by atoms with Gasteiger partial charge in [0.15, 0.2) is 0 Å². The zero-order valence-electron chi connectivity index (χ0n) is 15.8. The lowest BCUT2D eigenvalue weighted by atomic mass is 10.1. The molecule has 3 N–H and O–H groups in total. The van der Waals surface area contributed by atoms with Crippen LogP contribution in [0.2, 0.25) is 0 Å². The molecule has 0 fully saturated rings. The number of aryl methyl sites for hydroxylation is 1. The Kier molecular flexibility index (Phi) is 5.91. The van der Waals surface area contributed by atoms with E-state index in [4.69, 9.17) is 5.73 Å². The molecule has 1 amide bonds. The molecule has 0 bridgehead atoms. The molecule has 0 spiro atoms. The van der Waals surface area contributed by atoms with Gasteiger partial charge < -0.3 is 20.9 Å². The Morgan fingerprint density at radius 1 is 1.08 bits per heavy atom. The first-order valence-electron chi connectivity index (χ1n) is 8.61. The second-order valence-electron chi connectivity index (χ2n) is 6.30. The maximum absolute atomic E-state index is 12.8. The van der Waals surface area contributed by atoms with E-state index in [2.05, 4.69) is 30.1 Å². The molecular weight excluding hydrogens is 312 g/mol. The van der Waals surface area contributed by atoms with Crippen LogP contribution in [-0.4, -0.2) is 33.1 Å². The summed E-state index contributed by atoms with van der Waals surface area (Å²) < 4.78 is 0. The van der Waals surface area contributed by atoms with Crippen LogP contribution in [-0.2, 0) is 0 Å². The van der Waals surface area contributed by atoms with E-state index in [1.54, 1.807) is 12.1 Å². The molecule has 0 saturated heterocycles. The van der Waals surface area contributed by atoms with Crippen molar-refractivity contribution in [2.75, 3.05) is 48.0 Å². The second kappa shape index (κ2) is 7.92. The van der Waals surface area contributed by atoms with Crippen molar-refractivity contribution in [1.29, 1.82) is 0 Å². The van der Waals surface area contributed by atoms with E-state index < -0.39 is 0 Å². The molecular formula is C20H28N4O. The highest BCUT2D eigenvalue weighted by atomic mass is 16.1. The lowest BCUT2D eigenvalue weighted by Gasteiger charge is -2.22. The van der Waals surface area contributed by atoms with Gasteiger partial charge in [-0.1, -0.05) is 0 Å². The van der Waals surface area contributed by atoms with Crippen LogP contribution in [0, 0.1) is 6.92 Å². The number of amides is 1. The summed E-state index contributed by atoms with van der Waals surface area (Å²) in [4.78, 5) is 17.0. The Bertz CT molecular complexity index is 751. The fourth-order valence-corrected chi connectivity index (χ4v) is 2.89. The van der Waals surface area contributed by atoms with Gasteiger partial charge in [-0.3, -0.25) is 4.79 Å². The predicted molar refractivity (Wildman–Crippen MR) is 108 cm³/mol. The number of nitrogens with two attached hydrogens (primary N) is 1. The summed E-state index contributed by atoms with van der Waals surface area (Å²) in [5.74, 6) is -0.158. The summed E-state index contributed by atoms with van der Waals surface area (Å²) in [5.41, 5.74) is 10.9. The number of benzene rings is 2. The smallest absolute Gasteiger partial charge is 0.257 e. The molecule has 0 aliphatic rings. The first-order chi connectivity index (χ1) is 11.9. The van der Waals surface area contributed by atoms with Gasteiger partial charge in [0.05, 0.1) is 5.56 Å². The molecule has 0 aromatic heterocycles. The van der Waals surface area contributed by atoms with Crippen molar-refractivity contribution in [2.24, 2.45) is 0 Å². The number of carbonyl (C=O) groups is 1. The van der Waals surface area contributed by atoms with Gasteiger partial charge in [-0.15, -0.1) is 0 Å². The van der Waals surface area contributed by atoms with Gasteiger partial charge in [-0.25, -0.2) is 0 Å². The summed E-state index contributed by atoms with van der Waals surface area (Å²) in [6.45, 7) is 8.19. The molecule has 134 valence electrons. The molecule has 0 heterocycles. The third kappa shape index (κ3) is 4.24. The minimum Gasteiger partial charge on any atom is -0.399 e. The van der Waals surface area contributed by atoms with E-state index in [9.17, 15) is 4.79 Å². The predicted octanol–water partition coefficient (Wildman–Crippen LogP) is 3.74. The van der Waals surface area contributed by atoms with Crippen LogP contribution in [0.4, 0.5) is 22.7 Å². The first-order valence-corrected chi connectivity index (χ1v) is 8.61. The van der Waals surface area contributed by atoms with Crippen LogP contribution < -0.4 is 20.9 Å². The summed E-state index contributed by atoms with van der Waals surface area (Å²) >= 11 is 0. The van der Waals surface area contributed by atoms with Gasteiger partial charge in [-0.05, 0) is 62.7 Å². The number of nitrogen functional groups attached to an aromatic ring is 1. The Morgan fingerprint density at radius 3 is 2.32 bits per heavy atom. The monoisotopic (exact) mass is 340 g/mol. The molecule has 5 heteroatoms.